The van der Waals surface area contributed by atoms with E-state index >= 15 is 0 Å². The Bertz CT molecular complexity index is 380. The molecule has 1 saturated heterocycles. The maximum atomic E-state index is 12.8. The molecule has 6 nitrogen and oxygen atoms in total. The van der Waals surface area contributed by atoms with Crippen LogP contribution in [0.3, 0.4) is 0 Å². The quantitative estimate of drug-likeness (QED) is 0.733. The van der Waals surface area contributed by atoms with Gasteiger partial charge >= 0.3 is 0 Å². The van der Waals surface area contributed by atoms with E-state index in [1.807, 2.05) is 0 Å². The molecule has 1 heterocycles. The normalized spacial score (nSPS) is 25.2. The first-order valence-corrected chi connectivity index (χ1v) is 7.80. The fourth-order valence-corrected chi connectivity index (χ4v) is 3.18. The van der Waals surface area contributed by atoms with Gasteiger partial charge in [-0.1, -0.05) is 19.3 Å². The molecule has 0 bridgehead atoms. The molecule has 2 rings (SSSR count). The molecular formula is C15H26N2O4. The summed E-state index contributed by atoms with van der Waals surface area (Å²) in [6.07, 6.45) is 4.65. The predicted octanol–water partition coefficient (Wildman–Crippen LogP) is 0.699. The van der Waals surface area contributed by atoms with Gasteiger partial charge in [0.15, 0.2) is 0 Å². The van der Waals surface area contributed by atoms with Gasteiger partial charge in [-0.2, -0.15) is 0 Å². The Morgan fingerprint density at radius 2 is 1.90 bits per heavy atom. The van der Waals surface area contributed by atoms with Gasteiger partial charge in [0.05, 0.1) is 19.8 Å². The lowest BCUT2D eigenvalue weighted by molar-refractivity contribution is -0.156. The molecule has 0 aromatic rings. The minimum Gasteiger partial charge on any atom is -0.382 e. The molecule has 1 unspecified atom stereocenters. The zero-order chi connectivity index (χ0) is 15.3. The summed E-state index contributed by atoms with van der Waals surface area (Å²) in [4.78, 5) is 26.7. The Morgan fingerprint density at radius 1 is 1.19 bits per heavy atom. The minimum absolute atomic E-state index is 0.0478. The van der Waals surface area contributed by atoms with Crippen LogP contribution in [0.5, 0.6) is 0 Å². The third-order valence-corrected chi connectivity index (χ3v) is 4.50. The van der Waals surface area contributed by atoms with E-state index in [4.69, 9.17) is 9.47 Å². The number of carbonyl (C=O) groups excluding carboxylic acids is 2. The first-order valence-electron chi connectivity index (χ1n) is 7.80. The van der Waals surface area contributed by atoms with Gasteiger partial charge in [-0.05, 0) is 19.8 Å². The topological polar surface area (TPSA) is 67.9 Å². The fraction of sp³-hybridized carbons (Fsp3) is 0.867. The number of ether oxygens (including phenoxy) is 2. The first kappa shape index (κ1) is 16.2. The number of hydrogen-bond acceptors (Lipinski definition) is 4. The molecule has 120 valence electrons. The van der Waals surface area contributed by atoms with Crippen LogP contribution in [0.25, 0.3) is 0 Å². The van der Waals surface area contributed by atoms with Crippen LogP contribution in [0.4, 0.5) is 0 Å². The Morgan fingerprint density at radius 3 is 2.57 bits per heavy atom. The van der Waals surface area contributed by atoms with E-state index in [0.29, 0.717) is 26.4 Å². The highest BCUT2D eigenvalue weighted by molar-refractivity contribution is 5.99. The number of carbonyl (C=O) groups is 2. The summed E-state index contributed by atoms with van der Waals surface area (Å²) in [5.41, 5.74) is -0.658. The summed E-state index contributed by atoms with van der Waals surface area (Å²) in [5.74, 6) is 0.0121. The molecular weight excluding hydrogens is 272 g/mol. The van der Waals surface area contributed by atoms with Crippen LogP contribution in [-0.4, -0.2) is 61.8 Å². The molecule has 1 spiro atoms. The summed E-state index contributed by atoms with van der Waals surface area (Å²) >= 11 is 0. The van der Waals surface area contributed by atoms with Gasteiger partial charge in [-0.25, -0.2) is 0 Å². The summed E-state index contributed by atoms with van der Waals surface area (Å²) < 4.78 is 10.3. The van der Waals surface area contributed by atoms with E-state index in [0.717, 1.165) is 32.1 Å². The minimum atomic E-state index is -0.658. The van der Waals surface area contributed by atoms with Crippen LogP contribution in [0.15, 0.2) is 0 Å². The molecule has 21 heavy (non-hydrogen) atoms. The maximum absolute atomic E-state index is 12.8. The van der Waals surface area contributed by atoms with E-state index in [1.54, 1.807) is 18.9 Å². The predicted molar refractivity (Wildman–Crippen MR) is 77.8 cm³/mol. The summed E-state index contributed by atoms with van der Waals surface area (Å²) in [7, 11) is 1.62. The first-order chi connectivity index (χ1) is 10.1. The lowest BCUT2D eigenvalue weighted by atomic mass is 9.78. The van der Waals surface area contributed by atoms with Gasteiger partial charge in [-0.3, -0.25) is 9.59 Å². The SMILES string of the molecule is COCCOCCN1C(=O)C2(CCCCC2)NC(=O)C1C. The van der Waals surface area contributed by atoms with Crippen molar-refractivity contribution in [2.24, 2.45) is 0 Å². The molecule has 6 heteroatoms. The zero-order valence-corrected chi connectivity index (χ0v) is 13.0. The summed E-state index contributed by atoms with van der Waals surface area (Å²) in [6, 6.07) is -0.420. The number of hydrogen-bond donors (Lipinski definition) is 1. The molecule has 0 radical (unpaired) electrons. The van der Waals surface area contributed by atoms with E-state index < -0.39 is 11.6 Å². The summed E-state index contributed by atoms with van der Waals surface area (Å²) in [6.45, 7) is 3.71. The second-order valence-electron chi connectivity index (χ2n) is 5.91. The number of piperazine rings is 1. The standard InChI is InChI=1S/C15H26N2O4/c1-12-13(18)16-15(6-4-3-5-7-15)14(19)17(12)8-9-21-11-10-20-2/h12H,3-11H2,1-2H3,(H,16,18). The van der Waals surface area contributed by atoms with Crippen molar-refractivity contribution in [3.63, 3.8) is 0 Å². The molecule has 1 N–H and O–H groups in total. The van der Waals surface area contributed by atoms with E-state index in [-0.39, 0.29) is 11.8 Å². The molecule has 2 aliphatic rings. The van der Waals surface area contributed by atoms with Crippen molar-refractivity contribution in [1.82, 2.24) is 10.2 Å². The van der Waals surface area contributed by atoms with Crippen LogP contribution in [0, 0.1) is 0 Å². The largest absolute Gasteiger partial charge is 0.382 e. The van der Waals surface area contributed by atoms with E-state index in [9.17, 15) is 9.59 Å². The van der Waals surface area contributed by atoms with Crippen molar-refractivity contribution in [2.75, 3.05) is 33.5 Å². The Balaban J connectivity index is 1.97. The van der Waals surface area contributed by atoms with Crippen LogP contribution >= 0.6 is 0 Å². The highest BCUT2D eigenvalue weighted by atomic mass is 16.5. The van der Waals surface area contributed by atoms with Crippen molar-refractivity contribution in [3.05, 3.63) is 0 Å². The lowest BCUT2D eigenvalue weighted by Gasteiger charge is -2.46. The molecule has 2 amide bonds. The lowest BCUT2D eigenvalue weighted by Crippen LogP contribution is -2.70. The molecule has 2 fully saturated rings. The molecule has 0 aromatic heterocycles. The van der Waals surface area contributed by atoms with Gasteiger partial charge in [0.2, 0.25) is 11.8 Å². The maximum Gasteiger partial charge on any atom is 0.249 e. The smallest absolute Gasteiger partial charge is 0.249 e. The van der Waals surface area contributed by atoms with Crippen molar-refractivity contribution >= 4 is 11.8 Å². The highest BCUT2D eigenvalue weighted by Crippen LogP contribution is 2.33. The summed E-state index contributed by atoms with van der Waals surface area (Å²) in [5, 5.41) is 2.98. The van der Waals surface area contributed by atoms with Gasteiger partial charge in [0.1, 0.15) is 11.6 Å². The third kappa shape index (κ3) is 3.55. The van der Waals surface area contributed by atoms with Crippen LogP contribution in [0.1, 0.15) is 39.0 Å². The number of nitrogens with one attached hydrogen (secondary N) is 1. The van der Waals surface area contributed by atoms with Gasteiger partial charge in [0.25, 0.3) is 0 Å². The second-order valence-corrected chi connectivity index (χ2v) is 5.91. The highest BCUT2D eigenvalue weighted by Gasteiger charge is 2.49. The average Bonchev–Trinajstić information content (AvgIpc) is 2.49. The molecule has 1 saturated carbocycles. The van der Waals surface area contributed by atoms with Gasteiger partial charge < -0.3 is 19.7 Å². The van der Waals surface area contributed by atoms with Crippen molar-refractivity contribution in [2.45, 2.75) is 50.6 Å². The number of nitrogens with zero attached hydrogens (tertiary/aromatic N) is 1. The second kappa shape index (κ2) is 7.22. The third-order valence-electron chi connectivity index (χ3n) is 4.50. The van der Waals surface area contributed by atoms with Crippen LogP contribution in [0.2, 0.25) is 0 Å². The van der Waals surface area contributed by atoms with Crippen molar-refractivity contribution < 1.29 is 19.1 Å². The van der Waals surface area contributed by atoms with E-state index in [1.165, 1.54) is 0 Å². The fourth-order valence-electron chi connectivity index (χ4n) is 3.18. The van der Waals surface area contributed by atoms with Gasteiger partial charge in [0, 0.05) is 13.7 Å². The van der Waals surface area contributed by atoms with Crippen molar-refractivity contribution in [1.29, 1.82) is 0 Å². The molecule has 0 aromatic carbocycles. The van der Waals surface area contributed by atoms with Gasteiger partial charge in [-0.15, -0.1) is 0 Å². The number of methoxy groups -OCH3 is 1. The van der Waals surface area contributed by atoms with Crippen LogP contribution in [-0.2, 0) is 19.1 Å². The van der Waals surface area contributed by atoms with Crippen molar-refractivity contribution in [3.8, 4) is 0 Å². The monoisotopic (exact) mass is 298 g/mol. The average molecular weight is 298 g/mol. The Labute approximate surface area is 126 Å². The Kier molecular flexibility index (Phi) is 5.58. The Hall–Kier alpha value is -1.14. The molecule has 1 atom stereocenters. The number of amides is 2. The zero-order valence-electron chi connectivity index (χ0n) is 13.0. The van der Waals surface area contributed by atoms with E-state index in [2.05, 4.69) is 5.32 Å². The van der Waals surface area contributed by atoms with Crippen LogP contribution < -0.4 is 5.32 Å². The molecule has 1 aliphatic carbocycles. The molecule has 1 aliphatic heterocycles. The number of rotatable bonds is 6.